The van der Waals surface area contributed by atoms with E-state index in [0.717, 1.165) is 38.0 Å². The Kier molecular flexibility index (Phi) is 5.59. The van der Waals surface area contributed by atoms with Gasteiger partial charge in [0.2, 0.25) is 0 Å². The quantitative estimate of drug-likeness (QED) is 0.766. The highest BCUT2D eigenvalue weighted by molar-refractivity contribution is 5.94. The third kappa shape index (κ3) is 4.42. The Balaban J connectivity index is 1.41. The van der Waals surface area contributed by atoms with Crippen LogP contribution in [-0.4, -0.2) is 41.6 Å². The second-order valence-corrected chi connectivity index (χ2v) is 6.37. The Morgan fingerprint density at radius 3 is 2.92 bits per heavy atom. The Hall–Kier alpha value is -2.20. The zero-order chi connectivity index (χ0) is 16.8. The Bertz CT molecular complexity index is 672. The van der Waals surface area contributed by atoms with Gasteiger partial charge in [0.05, 0.1) is 11.7 Å². The average molecular weight is 324 g/mol. The Morgan fingerprint density at radius 2 is 2.12 bits per heavy atom. The summed E-state index contributed by atoms with van der Waals surface area (Å²) in [6, 6.07) is 12.3. The molecule has 1 aliphatic heterocycles. The van der Waals surface area contributed by atoms with Crippen LogP contribution in [0.25, 0.3) is 0 Å². The molecular formula is C20H24N2O2. The first-order valence-electron chi connectivity index (χ1n) is 8.59. The third-order valence-corrected chi connectivity index (χ3v) is 4.36. The van der Waals surface area contributed by atoms with Gasteiger partial charge in [-0.15, -0.1) is 0 Å². The SMILES string of the molecule is Cc1cncc(C(=O)N2CCC(OCCCc3ccccc3)C2)c1. The standard InChI is InChI=1S/C20H24N2O2/c1-16-12-18(14-21-13-16)20(23)22-10-9-19(15-22)24-11-5-8-17-6-3-2-4-7-17/h2-4,6-7,12-14,19H,5,8-11,15H2,1H3. The molecule has 0 bridgehead atoms. The molecule has 1 fully saturated rings. The predicted molar refractivity (Wildman–Crippen MR) is 94.0 cm³/mol. The average Bonchev–Trinajstić information content (AvgIpc) is 3.08. The number of ether oxygens (including phenoxy) is 1. The van der Waals surface area contributed by atoms with Gasteiger partial charge in [-0.2, -0.15) is 0 Å². The number of carbonyl (C=O) groups excluding carboxylic acids is 1. The van der Waals surface area contributed by atoms with Crippen LogP contribution in [0.15, 0.2) is 48.8 Å². The molecule has 0 saturated carbocycles. The molecular weight excluding hydrogens is 300 g/mol. The lowest BCUT2D eigenvalue weighted by atomic mass is 10.1. The molecule has 0 aliphatic carbocycles. The molecule has 2 aromatic rings. The summed E-state index contributed by atoms with van der Waals surface area (Å²) in [5, 5.41) is 0. The second-order valence-electron chi connectivity index (χ2n) is 6.37. The zero-order valence-electron chi connectivity index (χ0n) is 14.1. The molecule has 1 atom stereocenters. The fourth-order valence-corrected chi connectivity index (χ4v) is 3.07. The molecule has 1 amide bonds. The number of rotatable bonds is 6. The summed E-state index contributed by atoms with van der Waals surface area (Å²) in [4.78, 5) is 18.5. The van der Waals surface area contributed by atoms with Gasteiger partial charge in [-0.1, -0.05) is 30.3 Å². The largest absolute Gasteiger partial charge is 0.376 e. The summed E-state index contributed by atoms with van der Waals surface area (Å²) in [7, 11) is 0. The van der Waals surface area contributed by atoms with E-state index in [9.17, 15) is 4.79 Å². The number of aryl methyl sites for hydroxylation is 2. The van der Waals surface area contributed by atoms with E-state index in [-0.39, 0.29) is 12.0 Å². The molecule has 0 N–H and O–H groups in total. The van der Waals surface area contributed by atoms with E-state index < -0.39 is 0 Å². The maximum Gasteiger partial charge on any atom is 0.255 e. The van der Waals surface area contributed by atoms with Crippen LogP contribution in [0.5, 0.6) is 0 Å². The molecule has 0 spiro atoms. The van der Waals surface area contributed by atoms with Crippen LogP contribution in [0.2, 0.25) is 0 Å². The van der Waals surface area contributed by atoms with Crippen molar-refractivity contribution < 1.29 is 9.53 Å². The van der Waals surface area contributed by atoms with Gasteiger partial charge in [0.15, 0.2) is 0 Å². The molecule has 2 heterocycles. The van der Waals surface area contributed by atoms with E-state index in [4.69, 9.17) is 4.74 Å². The van der Waals surface area contributed by atoms with E-state index in [1.807, 2.05) is 24.0 Å². The molecule has 24 heavy (non-hydrogen) atoms. The summed E-state index contributed by atoms with van der Waals surface area (Å²) in [5.41, 5.74) is 3.02. The monoisotopic (exact) mass is 324 g/mol. The molecule has 1 saturated heterocycles. The van der Waals surface area contributed by atoms with Crippen LogP contribution >= 0.6 is 0 Å². The van der Waals surface area contributed by atoms with Gasteiger partial charge in [-0.05, 0) is 43.4 Å². The number of carbonyl (C=O) groups is 1. The van der Waals surface area contributed by atoms with Crippen molar-refractivity contribution in [1.82, 2.24) is 9.88 Å². The van der Waals surface area contributed by atoms with Crippen LogP contribution in [0, 0.1) is 6.92 Å². The van der Waals surface area contributed by atoms with Crippen molar-refractivity contribution in [3.63, 3.8) is 0 Å². The molecule has 1 unspecified atom stereocenters. The number of hydrogen-bond donors (Lipinski definition) is 0. The summed E-state index contributed by atoms with van der Waals surface area (Å²) in [6.07, 6.45) is 6.52. The summed E-state index contributed by atoms with van der Waals surface area (Å²) >= 11 is 0. The van der Waals surface area contributed by atoms with Crippen molar-refractivity contribution >= 4 is 5.91 Å². The minimum atomic E-state index is 0.0570. The first-order valence-corrected chi connectivity index (χ1v) is 8.59. The van der Waals surface area contributed by atoms with Crippen molar-refractivity contribution in [2.24, 2.45) is 0 Å². The predicted octanol–water partition coefficient (Wildman–Crippen LogP) is 3.25. The number of pyridine rings is 1. The molecule has 0 radical (unpaired) electrons. The second kappa shape index (κ2) is 8.06. The third-order valence-electron chi connectivity index (χ3n) is 4.36. The van der Waals surface area contributed by atoms with Gasteiger partial charge in [0.1, 0.15) is 0 Å². The number of hydrogen-bond acceptors (Lipinski definition) is 3. The molecule has 126 valence electrons. The van der Waals surface area contributed by atoms with E-state index in [0.29, 0.717) is 12.1 Å². The highest BCUT2D eigenvalue weighted by Crippen LogP contribution is 2.17. The lowest BCUT2D eigenvalue weighted by Crippen LogP contribution is -2.30. The molecule has 1 aliphatic rings. The first-order chi connectivity index (χ1) is 11.7. The van der Waals surface area contributed by atoms with Gasteiger partial charge in [0, 0.05) is 32.1 Å². The number of likely N-dealkylation sites (tertiary alicyclic amines) is 1. The van der Waals surface area contributed by atoms with E-state index in [1.165, 1.54) is 5.56 Å². The number of aromatic nitrogens is 1. The topological polar surface area (TPSA) is 42.4 Å². The number of benzene rings is 1. The molecule has 4 nitrogen and oxygen atoms in total. The van der Waals surface area contributed by atoms with E-state index in [2.05, 4.69) is 29.2 Å². The molecule has 4 heteroatoms. The van der Waals surface area contributed by atoms with Gasteiger partial charge < -0.3 is 9.64 Å². The van der Waals surface area contributed by atoms with Crippen molar-refractivity contribution in [2.75, 3.05) is 19.7 Å². The normalized spacial score (nSPS) is 17.2. The van der Waals surface area contributed by atoms with Gasteiger partial charge >= 0.3 is 0 Å². The van der Waals surface area contributed by atoms with Crippen LogP contribution in [0.3, 0.4) is 0 Å². The van der Waals surface area contributed by atoms with Crippen molar-refractivity contribution in [1.29, 1.82) is 0 Å². The lowest BCUT2D eigenvalue weighted by Gasteiger charge is -2.17. The minimum Gasteiger partial charge on any atom is -0.376 e. The van der Waals surface area contributed by atoms with Crippen LogP contribution in [0.1, 0.15) is 34.3 Å². The minimum absolute atomic E-state index is 0.0570. The van der Waals surface area contributed by atoms with Crippen LogP contribution in [-0.2, 0) is 11.2 Å². The maximum atomic E-state index is 12.5. The van der Waals surface area contributed by atoms with Crippen molar-refractivity contribution in [3.05, 3.63) is 65.5 Å². The zero-order valence-corrected chi connectivity index (χ0v) is 14.1. The summed E-state index contributed by atoms with van der Waals surface area (Å²) in [6.45, 7) is 4.13. The molecule has 1 aromatic heterocycles. The van der Waals surface area contributed by atoms with E-state index >= 15 is 0 Å². The summed E-state index contributed by atoms with van der Waals surface area (Å²) in [5.74, 6) is 0.0570. The number of nitrogens with zero attached hydrogens (tertiary/aromatic N) is 2. The van der Waals surface area contributed by atoms with Gasteiger partial charge in [-0.25, -0.2) is 0 Å². The smallest absolute Gasteiger partial charge is 0.255 e. The van der Waals surface area contributed by atoms with Crippen molar-refractivity contribution in [2.45, 2.75) is 32.3 Å². The van der Waals surface area contributed by atoms with Crippen molar-refractivity contribution in [3.8, 4) is 0 Å². The number of amides is 1. The molecule has 3 rings (SSSR count). The van der Waals surface area contributed by atoms with Gasteiger partial charge in [0.25, 0.3) is 5.91 Å². The highest BCUT2D eigenvalue weighted by Gasteiger charge is 2.27. The molecule has 1 aromatic carbocycles. The Morgan fingerprint density at radius 1 is 1.29 bits per heavy atom. The fraction of sp³-hybridized carbons (Fsp3) is 0.400. The summed E-state index contributed by atoms with van der Waals surface area (Å²) < 4.78 is 5.96. The van der Waals surface area contributed by atoms with E-state index in [1.54, 1.807) is 12.4 Å². The van der Waals surface area contributed by atoms with Crippen LogP contribution < -0.4 is 0 Å². The maximum absolute atomic E-state index is 12.5. The Labute approximate surface area is 143 Å². The first kappa shape index (κ1) is 16.7. The fourth-order valence-electron chi connectivity index (χ4n) is 3.07. The highest BCUT2D eigenvalue weighted by atomic mass is 16.5. The van der Waals surface area contributed by atoms with Gasteiger partial charge in [-0.3, -0.25) is 9.78 Å². The van der Waals surface area contributed by atoms with Crippen LogP contribution in [0.4, 0.5) is 0 Å². The lowest BCUT2D eigenvalue weighted by molar-refractivity contribution is 0.0524.